The summed E-state index contributed by atoms with van der Waals surface area (Å²) in [5, 5.41) is 15.0. The van der Waals surface area contributed by atoms with Crippen LogP contribution in [0.15, 0.2) is 41.8 Å². The van der Waals surface area contributed by atoms with E-state index in [2.05, 4.69) is 10.3 Å². The van der Waals surface area contributed by atoms with Gasteiger partial charge in [0, 0.05) is 11.5 Å². The lowest BCUT2D eigenvalue weighted by Crippen LogP contribution is -2.29. The van der Waals surface area contributed by atoms with Crippen molar-refractivity contribution in [2.24, 2.45) is 0 Å². The van der Waals surface area contributed by atoms with Gasteiger partial charge in [-0.1, -0.05) is 30.3 Å². The van der Waals surface area contributed by atoms with Gasteiger partial charge in [0.2, 0.25) is 5.91 Å². The van der Waals surface area contributed by atoms with E-state index < -0.39 is 6.04 Å². The number of aliphatic hydroxyl groups excluding tert-OH is 1. The molecule has 0 unspecified atom stereocenters. The number of aromatic nitrogens is 1. The molecule has 0 spiro atoms. The van der Waals surface area contributed by atoms with E-state index >= 15 is 0 Å². The van der Waals surface area contributed by atoms with Gasteiger partial charge in [0.1, 0.15) is 0 Å². The third-order valence-corrected chi connectivity index (χ3v) is 3.53. The van der Waals surface area contributed by atoms with Crippen molar-refractivity contribution in [2.75, 3.05) is 6.61 Å². The molecule has 2 N–H and O–H groups in total. The summed E-state index contributed by atoms with van der Waals surface area (Å²) in [7, 11) is 0. The Labute approximate surface area is 121 Å². The third kappa shape index (κ3) is 4.01. The van der Waals surface area contributed by atoms with E-state index in [0.29, 0.717) is 0 Å². The van der Waals surface area contributed by atoms with Gasteiger partial charge in [-0.3, -0.25) is 4.79 Å². The number of carbonyl (C=O) groups is 1. The van der Waals surface area contributed by atoms with Crippen molar-refractivity contribution in [2.45, 2.75) is 13.0 Å². The van der Waals surface area contributed by atoms with Crippen LogP contribution < -0.4 is 5.32 Å². The quantitative estimate of drug-likeness (QED) is 0.830. The number of rotatable bonds is 5. The van der Waals surface area contributed by atoms with Crippen molar-refractivity contribution in [1.29, 1.82) is 0 Å². The van der Waals surface area contributed by atoms with Crippen LogP contribution in [-0.4, -0.2) is 22.6 Å². The van der Waals surface area contributed by atoms with E-state index in [-0.39, 0.29) is 12.5 Å². The first kappa shape index (κ1) is 14.4. The molecule has 0 radical (unpaired) electrons. The highest BCUT2D eigenvalue weighted by Crippen LogP contribution is 2.12. The van der Waals surface area contributed by atoms with E-state index in [1.165, 1.54) is 17.4 Å². The monoisotopic (exact) mass is 288 g/mol. The highest BCUT2D eigenvalue weighted by Gasteiger charge is 2.11. The molecule has 2 rings (SSSR count). The second kappa shape index (κ2) is 6.98. The van der Waals surface area contributed by atoms with Gasteiger partial charge in [-0.05, 0) is 18.6 Å². The van der Waals surface area contributed by atoms with Crippen molar-refractivity contribution in [3.05, 3.63) is 58.1 Å². The number of amides is 1. The number of thiazole rings is 1. The normalized spacial score (nSPS) is 12.5. The summed E-state index contributed by atoms with van der Waals surface area (Å²) in [6.07, 6.45) is 3.10. The van der Waals surface area contributed by atoms with Crippen LogP contribution in [0.25, 0.3) is 6.08 Å². The molecular formula is C15H16N2O2S. The van der Waals surface area contributed by atoms with E-state index in [0.717, 1.165) is 16.3 Å². The first-order chi connectivity index (χ1) is 9.69. The zero-order valence-corrected chi connectivity index (χ0v) is 11.9. The van der Waals surface area contributed by atoms with Gasteiger partial charge in [0.05, 0.1) is 23.4 Å². The maximum atomic E-state index is 11.8. The second-order valence-corrected chi connectivity index (χ2v) is 5.34. The number of nitrogens with zero attached hydrogens (tertiary/aromatic N) is 1. The molecule has 1 amide bonds. The summed E-state index contributed by atoms with van der Waals surface area (Å²) < 4.78 is 0. The number of benzene rings is 1. The van der Waals surface area contributed by atoms with Crippen molar-refractivity contribution < 1.29 is 9.90 Å². The van der Waals surface area contributed by atoms with Crippen LogP contribution >= 0.6 is 11.3 Å². The Balaban J connectivity index is 1.98. The van der Waals surface area contributed by atoms with Gasteiger partial charge in [-0.2, -0.15) is 0 Å². The van der Waals surface area contributed by atoms with Gasteiger partial charge >= 0.3 is 0 Å². The molecule has 0 saturated heterocycles. The van der Waals surface area contributed by atoms with Gasteiger partial charge in [0.25, 0.3) is 0 Å². The smallest absolute Gasteiger partial charge is 0.244 e. The molecule has 0 bridgehead atoms. The van der Waals surface area contributed by atoms with E-state index in [4.69, 9.17) is 0 Å². The zero-order chi connectivity index (χ0) is 14.4. The van der Waals surface area contributed by atoms with E-state index in [9.17, 15) is 9.90 Å². The van der Waals surface area contributed by atoms with Crippen LogP contribution in [0.3, 0.4) is 0 Å². The topological polar surface area (TPSA) is 62.2 Å². The number of hydrogen-bond donors (Lipinski definition) is 2. The number of hydrogen-bond acceptors (Lipinski definition) is 4. The lowest BCUT2D eigenvalue weighted by atomic mass is 10.1. The zero-order valence-electron chi connectivity index (χ0n) is 11.1. The predicted octanol–water partition coefficient (Wildman–Crippen LogP) is 2.31. The maximum Gasteiger partial charge on any atom is 0.244 e. The van der Waals surface area contributed by atoms with Crippen molar-refractivity contribution in [1.82, 2.24) is 10.3 Å². The number of carbonyl (C=O) groups excluding carboxylic acids is 1. The molecule has 4 nitrogen and oxygen atoms in total. The standard InChI is InChI=1S/C15H16N2O2S/c1-11-16-13(10-20-11)7-8-15(19)17-14(9-18)12-5-3-2-4-6-12/h2-8,10,14,18H,9H2,1H3,(H,17,19)/b8-7+/t14-/m1/s1. The van der Waals surface area contributed by atoms with Gasteiger partial charge in [0.15, 0.2) is 0 Å². The van der Waals surface area contributed by atoms with Crippen LogP contribution in [0.1, 0.15) is 22.3 Å². The fourth-order valence-corrected chi connectivity index (χ4v) is 2.34. The minimum Gasteiger partial charge on any atom is -0.394 e. The lowest BCUT2D eigenvalue weighted by Gasteiger charge is -2.15. The lowest BCUT2D eigenvalue weighted by molar-refractivity contribution is -0.117. The van der Waals surface area contributed by atoms with Crippen molar-refractivity contribution in [3.63, 3.8) is 0 Å². The maximum absolute atomic E-state index is 11.8. The average molecular weight is 288 g/mol. The Morgan fingerprint density at radius 1 is 1.45 bits per heavy atom. The summed E-state index contributed by atoms with van der Waals surface area (Å²) >= 11 is 1.54. The molecule has 20 heavy (non-hydrogen) atoms. The van der Waals surface area contributed by atoms with Gasteiger partial charge in [-0.25, -0.2) is 4.98 Å². The number of aliphatic hydroxyl groups is 1. The van der Waals surface area contributed by atoms with Crippen LogP contribution in [0.2, 0.25) is 0 Å². The fraction of sp³-hybridized carbons (Fsp3) is 0.200. The van der Waals surface area contributed by atoms with Crippen LogP contribution in [0, 0.1) is 6.92 Å². The fourth-order valence-electron chi connectivity index (χ4n) is 1.76. The summed E-state index contributed by atoms with van der Waals surface area (Å²) in [5.41, 5.74) is 1.64. The van der Waals surface area contributed by atoms with Gasteiger partial charge < -0.3 is 10.4 Å². The van der Waals surface area contributed by atoms with Gasteiger partial charge in [-0.15, -0.1) is 11.3 Å². The van der Waals surface area contributed by atoms with Crippen LogP contribution in [-0.2, 0) is 4.79 Å². The molecule has 0 saturated carbocycles. The molecule has 0 aliphatic carbocycles. The predicted molar refractivity (Wildman–Crippen MR) is 80.3 cm³/mol. The first-order valence-electron chi connectivity index (χ1n) is 6.25. The number of aryl methyl sites for hydroxylation is 1. The molecule has 2 aromatic rings. The summed E-state index contributed by atoms with van der Waals surface area (Å²) in [6.45, 7) is 1.78. The first-order valence-corrected chi connectivity index (χ1v) is 7.13. The second-order valence-electron chi connectivity index (χ2n) is 4.28. The molecule has 104 valence electrons. The van der Waals surface area contributed by atoms with Crippen molar-refractivity contribution >= 4 is 23.3 Å². The molecule has 1 aromatic heterocycles. The SMILES string of the molecule is Cc1nc(/C=C/C(=O)N[C@H](CO)c2ccccc2)cs1. The van der Waals surface area contributed by atoms with E-state index in [1.807, 2.05) is 42.6 Å². The largest absolute Gasteiger partial charge is 0.394 e. The number of nitrogens with one attached hydrogen (secondary N) is 1. The minimum absolute atomic E-state index is 0.139. The Morgan fingerprint density at radius 3 is 2.80 bits per heavy atom. The summed E-state index contributed by atoms with van der Waals surface area (Å²) in [4.78, 5) is 16.1. The van der Waals surface area contributed by atoms with Crippen molar-refractivity contribution in [3.8, 4) is 0 Å². The molecule has 1 aromatic carbocycles. The summed E-state index contributed by atoms with van der Waals surface area (Å²) in [5.74, 6) is -0.251. The Kier molecular flexibility index (Phi) is 5.03. The molecule has 0 aliphatic rings. The highest BCUT2D eigenvalue weighted by atomic mass is 32.1. The van der Waals surface area contributed by atoms with Crippen LogP contribution in [0.5, 0.6) is 0 Å². The van der Waals surface area contributed by atoms with E-state index in [1.54, 1.807) is 6.08 Å². The third-order valence-electron chi connectivity index (χ3n) is 2.74. The molecule has 5 heteroatoms. The molecule has 0 aliphatic heterocycles. The highest BCUT2D eigenvalue weighted by molar-refractivity contribution is 7.09. The Hall–Kier alpha value is -1.98. The molecular weight excluding hydrogens is 272 g/mol. The summed E-state index contributed by atoms with van der Waals surface area (Å²) in [6, 6.07) is 8.98. The molecule has 1 heterocycles. The Morgan fingerprint density at radius 2 is 2.20 bits per heavy atom. The minimum atomic E-state index is -0.398. The molecule has 0 fully saturated rings. The van der Waals surface area contributed by atoms with Crippen LogP contribution in [0.4, 0.5) is 0 Å². The average Bonchev–Trinajstić information content (AvgIpc) is 2.89. The Bertz CT molecular complexity index is 593. The molecule has 1 atom stereocenters.